The number of hydrogen-bond donors (Lipinski definition) is 0. The maximum Gasteiger partial charge on any atom is 0.123 e. The summed E-state index contributed by atoms with van der Waals surface area (Å²) in [5, 5.41) is 0. The van der Waals surface area contributed by atoms with Crippen LogP contribution in [0.15, 0.2) is 12.2 Å². The van der Waals surface area contributed by atoms with Crippen LogP contribution in [0.2, 0.25) is 0 Å². The molecule has 0 saturated heterocycles. The Hall–Kier alpha value is -0.630. The minimum Gasteiger partial charge on any atom is -0.377 e. The molecule has 0 radical (unpaired) electrons. The third kappa shape index (κ3) is 4.27. The van der Waals surface area contributed by atoms with Gasteiger partial charge >= 0.3 is 0 Å². The molecule has 1 unspecified atom stereocenters. The molecule has 0 aliphatic rings. The van der Waals surface area contributed by atoms with E-state index in [2.05, 4.69) is 0 Å². The number of hydrogen-bond acceptors (Lipinski definition) is 2. The molecule has 0 spiro atoms. The Morgan fingerprint density at radius 2 is 2.30 bits per heavy atom. The molecular formula is C8H14O2. The fourth-order valence-corrected chi connectivity index (χ4v) is 0.667. The van der Waals surface area contributed by atoms with Crippen molar-refractivity contribution in [1.29, 1.82) is 0 Å². The van der Waals surface area contributed by atoms with Crippen molar-refractivity contribution in [3.63, 3.8) is 0 Å². The molecule has 0 fully saturated rings. The van der Waals surface area contributed by atoms with Crippen molar-refractivity contribution in [2.45, 2.75) is 25.9 Å². The fourth-order valence-electron chi connectivity index (χ4n) is 0.667. The van der Waals surface area contributed by atoms with Gasteiger partial charge in [-0.05, 0) is 6.42 Å². The lowest BCUT2D eigenvalue weighted by atomic mass is 10.2. The lowest BCUT2D eigenvalue weighted by Gasteiger charge is -2.05. The van der Waals surface area contributed by atoms with E-state index in [1.54, 1.807) is 7.11 Å². The molecule has 0 aromatic rings. The van der Waals surface area contributed by atoms with Gasteiger partial charge in [0.2, 0.25) is 0 Å². The Labute approximate surface area is 61.9 Å². The van der Waals surface area contributed by atoms with Gasteiger partial charge in [-0.25, -0.2) is 0 Å². The SMILES string of the molecule is CCC(C=CCC=O)OC. The molecule has 0 amide bonds. The standard InChI is InChI=1S/C8H14O2/c1-3-8(10-2)6-4-5-7-9/h4,6-8H,3,5H2,1-2H3. The van der Waals surface area contributed by atoms with Crippen LogP contribution in [0.1, 0.15) is 19.8 Å². The molecule has 2 heteroatoms. The van der Waals surface area contributed by atoms with E-state index in [1.807, 2.05) is 19.1 Å². The van der Waals surface area contributed by atoms with Crippen molar-refractivity contribution in [2.75, 3.05) is 7.11 Å². The monoisotopic (exact) mass is 142 g/mol. The molecule has 58 valence electrons. The third-order valence-corrected chi connectivity index (χ3v) is 1.29. The van der Waals surface area contributed by atoms with Gasteiger partial charge in [0.05, 0.1) is 6.10 Å². The van der Waals surface area contributed by atoms with E-state index in [0.717, 1.165) is 12.7 Å². The zero-order valence-corrected chi connectivity index (χ0v) is 6.54. The number of carbonyl (C=O) groups excluding carboxylic acids is 1. The normalized spacial score (nSPS) is 13.8. The number of carbonyl (C=O) groups is 1. The summed E-state index contributed by atoms with van der Waals surface area (Å²) >= 11 is 0. The summed E-state index contributed by atoms with van der Waals surface area (Å²) in [4.78, 5) is 9.87. The summed E-state index contributed by atoms with van der Waals surface area (Å²) in [5.74, 6) is 0. The highest BCUT2D eigenvalue weighted by Crippen LogP contribution is 1.97. The number of methoxy groups -OCH3 is 1. The average Bonchev–Trinajstić information content (AvgIpc) is 1.99. The van der Waals surface area contributed by atoms with E-state index in [1.165, 1.54) is 0 Å². The summed E-state index contributed by atoms with van der Waals surface area (Å²) < 4.78 is 5.04. The van der Waals surface area contributed by atoms with Crippen molar-refractivity contribution in [3.05, 3.63) is 12.2 Å². The maximum absolute atomic E-state index is 9.87. The molecule has 2 nitrogen and oxygen atoms in total. The van der Waals surface area contributed by atoms with Crippen molar-refractivity contribution in [1.82, 2.24) is 0 Å². The van der Waals surface area contributed by atoms with Crippen LogP contribution in [-0.4, -0.2) is 19.5 Å². The number of allylic oxidation sites excluding steroid dienone is 1. The zero-order valence-electron chi connectivity index (χ0n) is 6.54. The molecule has 0 bridgehead atoms. The minimum atomic E-state index is 0.167. The number of aldehydes is 1. The second-order valence-electron chi connectivity index (χ2n) is 2.01. The predicted molar refractivity (Wildman–Crippen MR) is 40.9 cm³/mol. The Kier molecular flexibility index (Phi) is 6.08. The highest BCUT2D eigenvalue weighted by molar-refractivity contribution is 5.51. The molecule has 0 aliphatic heterocycles. The first-order valence-corrected chi connectivity index (χ1v) is 3.48. The van der Waals surface area contributed by atoms with Gasteiger partial charge in [-0.3, -0.25) is 0 Å². The predicted octanol–water partition coefficient (Wildman–Crippen LogP) is 1.56. The minimum absolute atomic E-state index is 0.167. The first-order chi connectivity index (χ1) is 4.85. The van der Waals surface area contributed by atoms with Gasteiger partial charge in [0.15, 0.2) is 0 Å². The topological polar surface area (TPSA) is 26.3 Å². The van der Waals surface area contributed by atoms with Crippen LogP contribution in [0.3, 0.4) is 0 Å². The molecule has 0 saturated carbocycles. The van der Waals surface area contributed by atoms with Crippen LogP contribution in [0.4, 0.5) is 0 Å². The van der Waals surface area contributed by atoms with Gasteiger partial charge in [0.25, 0.3) is 0 Å². The largest absolute Gasteiger partial charge is 0.377 e. The van der Waals surface area contributed by atoms with Gasteiger partial charge in [-0.1, -0.05) is 19.1 Å². The lowest BCUT2D eigenvalue weighted by molar-refractivity contribution is -0.107. The van der Waals surface area contributed by atoms with Gasteiger partial charge in [0.1, 0.15) is 6.29 Å². The van der Waals surface area contributed by atoms with Crippen molar-refractivity contribution < 1.29 is 9.53 Å². The summed E-state index contributed by atoms with van der Waals surface area (Å²) in [5.41, 5.74) is 0. The summed E-state index contributed by atoms with van der Waals surface area (Å²) in [7, 11) is 1.67. The molecule has 0 aromatic heterocycles. The van der Waals surface area contributed by atoms with Crippen molar-refractivity contribution in [3.8, 4) is 0 Å². The summed E-state index contributed by atoms with van der Waals surface area (Å²) in [6.45, 7) is 2.04. The highest BCUT2D eigenvalue weighted by Gasteiger charge is 1.94. The Morgan fingerprint density at radius 3 is 2.70 bits per heavy atom. The molecule has 10 heavy (non-hydrogen) atoms. The average molecular weight is 142 g/mol. The lowest BCUT2D eigenvalue weighted by Crippen LogP contribution is -2.03. The summed E-state index contributed by atoms with van der Waals surface area (Å²) in [6, 6.07) is 0. The molecule has 0 N–H and O–H groups in total. The molecular weight excluding hydrogens is 128 g/mol. The van der Waals surface area contributed by atoms with Gasteiger partial charge < -0.3 is 9.53 Å². The van der Waals surface area contributed by atoms with Gasteiger partial charge in [-0.2, -0.15) is 0 Å². The van der Waals surface area contributed by atoms with Crippen LogP contribution in [0, 0.1) is 0 Å². The molecule has 0 rings (SSSR count). The first kappa shape index (κ1) is 9.37. The third-order valence-electron chi connectivity index (χ3n) is 1.29. The highest BCUT2D eigenvalue weighted by atomic mass is 16.5. The quantitative estimate of drug-likeness (QED) is 0.430. The van der Waals surface area contributed by atoms with E-state index >= 15 is 0 Å². The van der Waals surface area contributed by atoms with Crippen LogP contribution >= 0.6 is 0 Å². The van der Waals surface area contributed by atoms with E-state index in [4.69, 9.17) is 4.74 Å². The Bertz CT molecular complexity index is 104. The van der Waals surface area contributed by atoms with E-state index in [9.17, 15) is 4.79 Å². The summed E-state index contributed by atoms with van der Waals surface area (Å²) in [6.07, 6.45) is 6.21. The molecule has 0 aromatic carbocycles. The van der Waals surface area contributed by atoms with E-state index in [0.29, 0.717) is 6.42 Å². The van der Waals surface area contributed by atoms with E-state index in [-0.39, 0.29) is 6.10 Å². The van der Waals surface area contributed by atoms with Crippen molar-refractivity contribution in [2.24, 2.45) is 0 Å². The van der Waals surface area contributed by atoms with Crippen LogP contribution in [0.25, 0.3) is 0 Å². The second kappa shape index (κ2) is 6.49. The van der Waals surface area contributed by atoms with Gasteiger partial charge in [-0.15, -0.1) is 0 Å². The van der Waals surface area contributed by atoms with Gasteiger partial charge in [0, 0.05) is 13.5 Å². The van der Waals surface area contributed by atoms with Crippen LogP contribution in [0.5, 0.6) is 0 Å². The van der Waals surface area contributed by atoms with Crippen LogP contribution in [-0.2, 0) is 9.53 Å². The first-order valence-electron chi connectivity index (χ1n) is 3.48. The maximum atomic E-state index is 9.87. The number of ether oxygens (including phenoxy) is 1. The zero-order chi connectivity index (χ0) is 7.82. The molecule has 0 heterocycles. The van der Waals surface area contributed by atoms with Crippen LogP contribution < -0.4 is 0 Å². The smallest absolute Gasteiger partial charge is 0.123 e. The molecule has 0 aliphatic carbocycles. The Balaban J connectivity index is 3.49. The van der Waals surface area contributed by atoms with E-state index < -0.39 is 0 Å². The molecule has 1 atom stereocenters. The fraction of sp³-hybridized carbons (Fsp3) is 0.625. The second-order valence-corrected chi connectivity index (χ2v) is 2.01. The van der Waals surface area contributed by atoms with Crippen molar-refractivity contribution >= 4 is 6.29 Å². The number of rotatable bonds is 5. The Morgan fingerprint density at radius 1 is 1.60 bits per heavy atom.